The summed E-state index contributed by atoms with van der Waals surface area (Å²) in [7, 11) is -5.44. The molecule has 0 N–H and O–H groups in total. The van der Waals surface area contributed by atoms with Crippen LogP contribution in [0, 0.1) is 5.92 Å². The van der Waals surface area contributed by atoms with E-state index in [9.17, 15) is 21.6 Å². The first-order valence-electron chi connectivity index (χ1n) is 7.76. The highest BCUT2D eigenvalue weighted by molar-refractivity contribution is 7.87. The highest BCUT2D eigenvalue weighted by Gasteiger charge is 2.48. The first kappa shape index (κ1) is 18.7. The van der Waals surface area contributed by atoms with Crippen LogP contribution < -0.4 is 0 Å². The van der Waals surface area contributed by atoms with Gasteiger partial charge < -0.3 is 0 Å². The topological polar surface area (TPSA) is 43.4 Å². The highest BCUT2D eigenvalue weighted by atomic mass is 32.2. The summed E-state index contributed by atoms with van der Waals surface area (Å²) in [6.07, 6.45) is 8.62. The largest absolute Gasteiger partial charge is 0.523 e. The van der Waals surface area contributed by atoms with Crippen molar-refractivity contribution in [2.24, 2.45) is 5.92 Å². The Bertz CT molecular complexity index is 385. The molecular formula is C14H25F3O3S. The van der Waals surface area contributed by atoms with E-state index in [0.29, 0.717) is 18.8 Å². The lowest BCUT2D eigenvalue weighted by Gasteiger charge is -2.28. The summed E-state index contributed by atoms with van der Waals surface area (Å²) in [5.74, 6) is 0.500. The van der Waals surface area contributed by atoms with Gasteiger partial charge in [-0.3, -0.25) is 4.18 Å². The van der Waals surface area contributed by atoms with Crippen LogP contribution in [0.1, 0.15) is 71.1 Å². The minimum Gasteiger partial charge on any atom is -0.260 e. The second-order valence-corrected chi connectivity index (χ2v) is 7.41. The Balaban J connectivity index is 2.24. The van der Waals surface area contributed by atoms with Gasteiger partial charge in [-0.1, -0.05) is 45.4 Å². The van der Waals surface area contributed by atoms with E-state index in [4.69, 9.17) is 0 Å². The van der Waals surface area contributed by atoms with Crippen molar-refractivity contribution in [3.63, 3.8) is 0 Å². The van der Waals surface area contributed by atoms with E-state index in [1.807, 2.05) is 0 Å². The van der Waals surface area contributed by atoms with E-state index in [1.54, 1.807) is 0 Å². The fourth-order valence-corrected chi connectivity index (χ4v) is 3.45. The molecule has 0 radical (unpaired) electrons. The Morgan fingerprint density at radius 2 is 1.57 bits per heavy atom. The quantitative estimate of drug-likeness (QED) is 0.366. The van der Waals surface area contributed by atoms with Crippen LogP contribution in [0.25, 0.3) is 0 Å². The van der Waals surface area contributed by atoms with Gasteiger partial charge in [0, 0.05) is 0 Å². The monoisotopic (exact) mass is 330 g/mol. The summed E-state index contributed by atoms with van der Waals surface area (Å²) in [5, 5.41) is 0. The Morgan fingerprint density at radius 3 is 2.10 bits per heavy atom. The van der Waals surface area contributed by atoms with Crippen LogP contribution in [0.2, 0.25) is 0 Å². The maximum Gasteiger partial charge on any atom is 0.523 e. The fraction of sp³-hybridized carbons (Fsp3) is 1.00. The van der Waals surface area contributed by atoms with Gasteiger partial charge in [0.1, 0.15) is 0 Å². The molecule has 0 aliphatic heterocycles. The third-order valence-electron chi connectivity index (χ3n) is 4.06. The molecule has 1 rings (SSSR count). The van der Waals surface area contributed by atoms with Crippen LogP contribution in [0.4, 0.5) is 13.2 Å². The second-order valence-electron chi connectivity index (χ2n) is 5.84. The molecule has 1 aliphatic rings. The third-order valence-corrected chi connectivity index (χ3v) is 5.15. The number of unbranched alkanes of at least 4 members (excludes halogenated alkanes) is 4. The van der Waals surface area contributed by atoms with E-state index < -0.39 is 21.7 Å². The van der Waals surface area contributed by atoms with Crippen LogP contribution in [0.3, 0.4) is 0 Å². The Kier molecular flexibility index (Phi) is 7.47. The molecular weight excluding hydrogens is 305 g/mol. The van der Waals surface area contributed by atoms with Gasteiger partial charge in [-0.2, -0.15) is 21.6 Å². The van der Waals surface area contributed by atoms with E-state index in [1.165, 1.54) is 25.7 Å². The molecule has 0 atom stereocenters. The van der Waals surface area contributed by atoms with Crippen LogP contribution in [0.5, 0.6) is 0 Å². The molecule has 0 amide bonds. The van der Waals surface area contributed by atoms with Gasteiger partial charge >= 0.3 is 15.6 Å². The summed E-state index contributed by atoms with van der Waals surface area (Å²) in [6, 6.07) is 0. The third kappa shape index (κ3) is 6.55. The summed E-state index contributed by atoms with van der Waals surface area (Å²) in [5.41, 5.74) is -5.32. The van der Waals surface area contributed by atoms with Crippen LogP contribution >= 0.6 is 0 Å². The first-order chi connectivity index (χ1) is 9.76. The Hall–Kier alpha value is -0.300. The maximum atomic E-state index is 12.2. The van der Waals surface area contributed by atoms with Crippen LogP contribution in [-0.4, -0.2) is 20.0 Å². The predicted octanol–water partition coefficient (Wildman–Crippen LogP) is 4.77. The van der Waals surface area contributed by atoms with Gasteiger partial charge in [-0.05, 0) is 31.6 Å². The van der Waals surface area contributed by atoms with Crippen molar-refractivity contribution in [3.8, 4) is 0 Å². The number of hydrogen-bond donors (Lipinski definition) is 0. The molecule has 0 spiro atoms. The molecule has 1 saturated carbocycles. The summed E-state index contributed by atoms with van der Waals surface area (Å²) in [6.45, 7) is 2.16. The second kappa shape index (κ2) is 8.36. The van der Waals surface area contributed by atoms with Crippen LogP contribution in [-0.2, 0) is 14.3 Å². The molecule has 126 valence electrons. The summed E-state index contributed by atoms with van der Waals surface area (Å²) in [4.78, 5) is 0. The molecule has 0 unspecified atom stereocenters. The molecule has 0 aromatic carbocycles. The van der Waals surface area contributed by atoms with Crippen molar-refractivity contribution in [2.45, 2.75) is 82.7 Å². The minimum absolute atomic E-state index is 0.398. The van der Waals surface area contributed by atoms with Crippen molar-refractivity contribution >= 4 is 10.1 Å². The van der Waals surface area contributed by atoms with E-state index in [0.717, 1.165) is 25.7 Å². The Labute approximate surface area is 125 Å². The molecule has 0 aromatic rings. The maximum absolute atomic E-state index is 12.2. The van der Waals surface area contributed by atoms with Gasteiger partial charge in [0.25, 0.3) is 0 Å². The van der Waals surface area contributed by atoms with Gasteiger partial charge in [-0.25, -0.2) is 0 Å². The van der Waals surface area contributed by atoms with E-state index in [2.05, 4.69) is 11.1 Å². The lowest BCUT2D eigenvalue weighted by molar-refractivity contribution is -0.0590. The zero-order valence-corrected chi connectivity index (χ0v) is 13.3. The minimum atomic E-state index is -5.44. The molecule has 3 nitrogen and oxygen atoms in total. The molecule has 0 saturated heterocycles. The number of alkyl halides is 3. The van der Waals surface area contributed by atoms with Crippen molar-refractivity contribution < 1.29 is 25.8 Å². The lowest BCUT2D eigenvalue weighted by Crippen LogP contribution is -2.32. The summed E-state index contributed by atoms with van der Waals surface area (Å²) >= 11 is 0. The zero-order valence-electron chi connectivity index (χ0n) is 12.5. The molecule has 0 aromatic heterocycles. The van der Waals surface area contributed by atoms with E-state index >= 15 is 0 Å². The van der Waals surface area contributed by atoms with Crippen molar-refractivity contribution in [3.05, 3.63) is 0 Å². The highest BCUT2D eigenvalue weighted by Crippen LogP contribution is 2.33. The van der Waals surface area contributed by atoms with Crippen LogP contribution in [0.15, 0.2) is 0 Å². The normalized spacial score (nSPS) is 24.2. The average molecular weight is 330 g/mol. The smallest absolute Gasteiger partial charge is 0.260 e. The van der Waals surface area contributed by atoms with Crippen molar-refractivity contribution in [1.29, 1.82) is 0 Å². The van der Waals surface area contributed by atoms with Gasteiger partial charge in [0.15, 0.2) is 0 Å². The standard InChI is InChI=1S/C14H25F3O3S/c1-2-3-4-5-6-7-12-8-10-13(11-9-12)20-21(18,19)14(15,16)17/h12-13H,2-11H2,1H3. The fourth-order valence-electron chi connectivity index (χ4n) is 2.79. The Morgan fingerprint density at radius 1 is 1.00 bits per heavy atom. The first-order valence-corrected chi connectivity index (χ1v) is 9.16. The molecule has 21 heavy (non-hydrogen) atoms. The average Bonchev–Trinajstić information content (AvgIpc) is 2.39. The molecule has 0 bridgehead atoms. The lowest BCUT2D eigenvalue weighted by atomic mass is 9.84. The number of hydrogen-bond acceptors (Lipinski definition) is 3. The molecule has 1 fully saturated rings. The SMILES string of the molecule is CCCCCCCC1CCC(OS(=O)(=O)C(F)(F)F)CC1. The van der Waals surface area contributed by atoms with Crippen molar-refractivity contribution in [1.82, 2.24) is 0 Å². The predicted molar refractivity (Wildman–Crippen MR) is 75.2 cm³/mol. The summed E-state index contributed by atoms with van der Waals surface area (Å²) < 4.78 is 62.8. The van der Waals surface area contributed by atoms with Gasteiger partial charge in [-0.15, -0.1) is 0 Å². The zero-order chi connectivity index (χ0) is 15.9. The molecule has 7 heteroatoms. The molecule has 0 heterocycles. The number of halogens is 3. The van der Waals surface area contributed by atoms with Crippen molar-refractivity contribution in [2.75, 3.05) is 0 Å². The number of rotatable bonds is 8. The van der Waals surface area contributed by atoms with Gasteiger partial charge in [0.05, 0.1) is 6.10 Å². The molecule has 1 aliphatic carbocycles. The van der Waals surface area contributed by atoms with E-state index in [-0.39, 0.29) is 0 Å². The van der Waals surface area contributed by atoms with Gasteiger partial charge in [0.2, 0.25) is 0 Å².